The standard InChI is InChI=1S/C21H28ClN7O/c1-27(2)18-5-8-23-21(26-18)25-16-6-11-28(12-7-16)19-17(22)13-15(14-24-19)20(30)29-9-3-4-10-29/h5,8,13-14,16H,3-4,6-7,9-12H2,1-2H3,(H,23,25,26). The number of hydrogen-bond acceptors (Lipinski definition) is 7. The topological polar surface area (TPSA) is 77.5 Å². The summed E-state index contributed by atoms with van der Waals surface area (Å²) in [6.45, 7) is 3.30. The number of likely N-dealkylation sites (tertiary alicyclic amines) is 1. The van der Waals surface area contributed by atoms with Crippen LogP contribution in [-0.2, 0) is 0 Å². The molecule has 2 saturated heterocycles. The molecule has 0 atom stereocenters. The van der Waals surface area contributed by atoms with Crippen molar-refractivity contribution in [2.24, 2.45) is 0 Å². The summed E-state index contributed by atoms with van der Waals surface area (Å²) in [6.07, 6.45) is 7.43. The van der Waals surface area contributed by atoms with Crippen LogP contribution in [0.1, 0.15) is 36.0 Å². The quantitative estimate of drug-likeness (QED) is 0.782. The van der Waals surface area contributed by atoms with Gasteiger partial charge in [0.2, 0.25) is 5.95 Å². The molecule has 2 aromatic rings. The third-order valence-corrected chi connectivity index (χ3v) is 5.97. The molecule has 4 heterocycles. The van der Waals surface area contributed by atoms with Crippen molar-refractivity contribution < 1.29 is 4.79 Å². The molecule has 0 aliphatic carbocycles. The summed E-state index contributed by atoms with van der Waals surface area (Å²) in [4.78, 5) is 32.0. The van der Waals surface area contributed by atoms with E-state index in [-0.39, 0.29) is 5.91 Å². The normalized spacial score (nSPS) is 17.3. The minimum Gasteiger partial charge on any atom is -0.363 e. The van der Waals surface area contributed by atoms with Crippen molar-refractivity contribution >= 4 is 35.1 Å². The number of carbonyl (C=O) groups is 1. The van der Waals surface area contributed by atoms with Gasteiger partial charge in [-0.2, -0.15) is 4.98 Å². The van der Waals surface area contributed by atoms with Gasteiger partial charge in [-0.3, -0.25) is 4.79 Å². The van der Waals surface area contributed by atoms with Crippen LogP contribution in [0.25, 0.3) is 0 Å². The van der Waals surface area contributed by atoms with E-state index < -0.39 is 0 Å². The molecule has 0 bridgehead atoms. The van der Waals surface area contributed by atoms with Crippen molar-refractivity contribution in [1.29, 1.82) is 0 Å². The lowest BCUT2D eigenvalue weighted by Crippen LogP contribution is -2.40. The molecule has 1 amide bonds. The molecule has 0 spiro atoms. The van der Waals surface area contributed by atoms with Crippen molar-refractivity contribution in [2.45, 2.75) is 31.7 Å². The summed E-state index contributed by atoms with van der Waals surface area (Å²) in [7, 11) is 3.93. The number of carbonyl (C=O) groups excluding carboxylic acids is 1. The van der Waals surface area contributed by atoms with Gasteiger partial charge in [0.25, 0.3) is 5.91 Å². The highest BCUT2D eigenvalue weighted by Gasteiger charge is 2.24. The van der Waals surface area contributed by atoms with Gasteiger partial charge in [0.05, 0.1) is 10.6 Å². The maximum atomic E-state index is 12.6. The second-order valence-electron chi connectivity index (χ2n) is 8.07. The number of pyridine rings is 1. The number of nitrogens with zero attached hydrogens (tertiary/aromatic N) is 6. The maximum Gasteiger partial charge on any atom is 0.255 e. The molecule has 160 valence electrons. The van der Waals surface area contributed by atoms with Gasteiger partial charge in [-0.05, 0) is 37.8 Å². The summed E-state index contributed by atoms with van der Waals surface area (Å²) in [5.41, 5.74) is 0.570. The number of halogens is 1. The van der Waals surface area contributed by atoms with E-state index in [4.69, 9.17) is 11.6 Å². The lowest BCUT2D eigenvalue weighted by molar-refractivity contribution is 0.0792. The van der Waals surface area contributed by atoms with Crippen LogP contribution in [0.2, 0.25) is 5.02 Å². The summed E-state index contributed by atoms with van der Waals surface area (Å²) in [5, 5.41) is 3.97. The zero-order valence-electron chi connectivity index (χ0n) is 17.5. The molecule has 2 aliphatic heterocycles. The van der Waals surface area contributed by atoms with E-state index in [9.17, 15) is 4.79 Å². The van der Waals surface area contributed by atoms with Crippen LogP contribution in [0.15, 0.2) is 24.5 Å². The van der Waals surface area contributed by atoms with Crippen LogP contribution in [-0.4, -0.2) is 72.1 Å². The van der Waals surface area contributed by atoms with E-state index in [0.29, 0.717) is 22.6 Å². The molecule has 2 fully saturated rings. The Balaban J connectivity index is 1.36. The number of hydrogen-bond donors (Lipinski definition) is 1. The first-order valence-electron chi connectivity index (χ1n) is 10.5. The minimum absolute atomic E-state index is 0.0244. The van der Waals surface area contributed by atoms with Crippen LogP contribution in [0.4, 0.5) is 17.6 Å². The first-order chi connectivity index (χ1) is 14.5. The molecule has 30 heavy (non-hydrogen) atoms. The fourth-order valence-electron chi connectivity index (χ4n) is 3.97. The Morgan fingerprint density at radius 2 is 1.90 bits per heavy atom. The molecule has 0 radical (unpaired) electrons. The Hall–Kier alpha value is -2.61. The Labute approximate surface area is 182 Å². The predicted octanol–water partition coefficient (Wildman–Crippen LogP) is 2.91. The highest BCUT2D eigenvalue weighted by molar-refractivity contribution is 6.33. The largest absolute Gasteiger partial charge is 0.363 e. The number of nitrogens with one attached hydrogen (secondary N) is 1. The lowest BCUT2D eigenvalue weighted by atomic mass is 10.1. The van der Waals surface area contributed by atoms with Crippen molar-refractivity contribution in [3.8, 4) is 0 Å². The van der Waals surface area contributed by atoms with E-state index >= 15 is 0 Å². The second-order valence-corrected chi connectivity index (χ2v) is 8.47. The van der Waals surface area contributed by atoms with Gasteiger partial charge in [0.1, 0.15) is 11.6 Å². The Morgan fingerprint density at radius 3 is 2.57 bits per heavy atom. The molecule has 8 nitrogen and oxygen atoms in total. The summed E-state index contributed by atoms with van der Waals surface area (Å²) in [6, 6.07) is 3.95. The lowest BCUT2D eigenvalue weighted by Gasteiger charge is -2.33. The van der Waals surface area contributed by atoms with Gasteiger partial charge in [-0.15, -0.1) is 0 Å². The van der Waals surface area contributed by atoms with Crippen molar-refractivity contribution in [2.75, 3.05) is 55.4 Å². The van der Waals surface area contributed by atoms with Gasteiger partial charge in [0, 0.05) is 58.7 Å². The molecule has 0 aromatic carbocycles. The van der Waals surface area contributed by atoms with Gasteiger partial charge in [0.15, 0.2) is 0 Å². The first-order valence-corrected chi connectivity index (χ1v) is 10.9. The highest BCUT2D eigenvalue weighted by atomic mass is 35.5. The third-order valence-electron chi connectivity index (χ3n) is 5.69. The zero-order chi connectivity index (χ0) is 21.1. The Bertz CT molecular complexity index is 893. The van der Waals surface area contributed by atoms with E-state index in [1.54, 1.807) is 18.5 Å². The number of anilines is 3. The third kappa shape index (κ3) is 4.59. The average molecular weight is 430 g/mol. The minimum atomic E-state index is 0.0244. The van der Waals surface area contributed by atoms with E-state index in [2.05, 4.69) is 25.2 Å². The first kappa shape index (κ1) is 20.7. The van der Waals surface area contributed by atoms with Crippen LogP contribution >= 0.6 is 11.6 Å². The number of amides is 1. The summed E-state index contributed by atoms with van der Waals surface area (Å²) in [5.74, 6) is 2.31. The molecule has 1 N–H and O–H groups in total. The predicted molar refractivity (Wildman–Crippen MR) is 120 cm³/mol. The highest BCUT2D eigenvalue weighted by Crippen LogP contribution is 2.28. The van der Waals surface area contributed by atoms with Crippen molar-refractivity contribution in [3.63, 3.8) is 0 Å². The van der Waals surface area contributed by atoms with Crippen LogP contribution < -0.4 is 15.1 Å². The molecule has 2 aromatic heterocycles. The SMILES string of the molecule is CN(C)c1ccnc(NC2CCN(c3ncc(C(=O)N4CCCC4)cc3Cl)CC2)n1. The average Bonchev–Trinajstić information content (AvgIpc) is 3.29. The Kier molecular flexibility index (Phi) is 6.22. The fourth-order valence-corrected chi connectivity index (χ4v) is 4.26. The van der Waals surface area contributed by atoms with Crippen LogP contribution in [0.5, 0.6) is 0 Å². The molecule has 9 heteroatoms. The molecular weight excluding hydrogens is 402 g/mol. The van der Waals surface area contributed by atoms with E-state index in [1.807, 2.05) is 30.0 Å². The van der Waals surface area contributed by atoms with Gasteiger partial charge < -0.3 is 20.0 Å². The van der Waals surface area contributed by atoms with Crippen molar-refractivity contribution in [3.05, 3.63) is 35.1 Å². The molecule has 2 aliphatic rings. The zero-order valence-corrected chi connectivity index (χ0v) is 18.3. The number of aromatic nitrogens is 3. The van der Waals surface area contributed by atoms with Crippen LogP contribution in [0.3, 0.4) is 0 Å². The molecule has 0 unspecified atom stereocenters. The molecular formula is C21H28ClN7O. The van der Waals surface area contributed by atoms with Gasteiger partial charge in [-0.25, -0.2) is 9.97 Å². The van der Waals surface area contributed by atoms with Crippen LogP contribution in [0, 0.1) is 0 Å². The maximum absolute atomic E-state index is 12.6. The smallest absolute Gasteiger partial charge is 0.255 e. The van der Waals surface area contributed by atoms with Gasteiger partial charge >= 0.3 is 0 Å². The summed E-state index contributed by atoms with van der Waals surface area (Å²) >= 11 is 6.51. The summed E-state index contributed by atoms with van der Waals surface area (Å²) < 4.78 is 0. The number of rotatable bonds is 5. The van der Waals surface area contributed by atoms with Crippen molar-refractivity contribution in [1.82, 2.24) is 19.9 Å². The second kappa shape index (κ2) is 9.04. The monoisotopic (exact) mass is 429 g/mol. The van der Waals surface area contributed by atoms with Gasteiger partial charge in [-0.1, -0.05) is 11.6 Å². The molecule has 0 saturated carbocycles. The van der Waals surface area contributed by atoms with E-state index in [0.717, 1.165) is 63.5 Å². The molecule has 4 rings (SSSR count). The van der Waals surface area contributed by atoms with E-state index in [1.165, 1.54) is 0 Å². The fraction of sp³-hybridized carbons (Fsp3) is 0.524. The number of piperidine rings is 1. The Morgan fingerprint density at radius 1 is 1.17 bits per heavy atom.